The van der Waals surface area contributed by atoms with Gasteiger partial charge in [-0.1, -0.05) is 39.8 Å². The number of hydrogen-bond acceptors (Lipinski definition) is 5. The number of nitrogens with zero attached hydrogens (tertiary/aromatic N) is 1. The van der Waals surface area contributed by atoms with Gasteiger partial charge in [-0.15, -0.1) is 0 Å². The molecule has 0 saturated carbocycles. The van der Waals surface area contributed by atoms with Gasteiger partial charge in [0, 0.05) is 31.0 Å². The molecule has 0 aliphatic carbocycles. The maximum Gasteiger partial charge on any atom is 0.328 e. The Morgan fingerprint density at radius 1 is 1.09 bits per heavy atom. The van der Waals surface area contributed by atoms with E-state index < -0.39 is 47.5 Å². The summed E-state index contributed by atoms with van der Waals surface area (Å²) in [5, 5.41) is 5.33. The van der Waals surface area contributed by atoms with E-state index in [1.807, 2.05) is 0 Å². The topological polar surface area (TPSA) is 105 Å². The van der Waals surface area contributed by atoms with Crippen molar-refractivity contribution in [1.82, 2.24) is 15.5 Å². The van der Waals surface area contributed by atoms with Gasteiger partial charge in [-0.05, 0) is 24.3 Å². The van der Waals surface area contributed by atoms with Crippen molar-refractivity contribution in [2.24, 2.45) is 11.8 Å². The molecule has 2 N–H and O–H groups in total. The number of nitrogens with one attached hydrogen (secondary N) is 2. The molecule has 1 fully saturated rings. The zero-order valence-corrected chi connectivity index (χ0v) is 20.2. The predicted octanol–water partition coefficient (Wildman–Crippen LogP) is 2.30. The van der Waals surface area contributed by atoms with Crippen LogP contribution in [0.1, 0.15) is 52.5 Å². The average Bonchev–Trinajstić information content (AvgIpc) is 3.11. The van der Waals surface area contributed by atoms with Crippen molar-refractivity contribution in [2.45, 2.75) is 71.6 Å². The van der Waals surface area contributed by atoms with Crippen LogP contribution in [-0.4, -0.2) is 53.8 Å². The van der Waals surface area contributed by atoms with Crippen LogP contribution in [0.2, 0.25) is 0 Å². The number of halogens is 2. The van der Waals surface area contributed by atoms with Crippen LogP contribution in [0.15, 0.2) is 18.2 Å². The monoisotopic (exact) mass is 481 g/mol. The van der Waals surface area contributed by atoms with E-state index in [0.717, 1.165) is 6.07 Å². The molecule has 0 unspecified atom stereocenters. The molecule has 0 bridgehead atoms. The Balaban J connectivity index is 2.07. The van der Waals surface area contributed by atoms with Crippen molar-refractivity contribution >= 4 is 23.7 Å². The summed E-state index contributed by atoms with van der Waals surface area (Å²) in [6.45, 7) is 6.88. The number of hydrogen-bond donors (Lipinski definition) is 2. The third-order valence-electron chi connectivity index (χ3n) is 5.93. The molecule has 34 heavy (non-hydrogen) atoms. The number of rotatable bonds is 10. The van der Waals surface area contributed by atoms with Crippen molar-refractivity contribution in [3.63, 3.8) is 0 Å². The first-order valence-corrected chi connectivity index (χ1v) is 11.4. The fraction of sp³-hybridized carbons (Fsp3) is 0.583. The van der Waals surface area contributed by atoms with Gasteiger partial charge < -0.3 is 20.3 Å². The van der Waals surface area contributed by atoms with Gasteiger partial charge in [-0.25, -0.2) is 13.6 Å². The largest absolute Gasteiger partial charge is 0.467 e. The second-order valence-corrected chi connectivity index (χ2v) is 9.17. The van der Waals surface area contributed by atoms with Crippen LogP contribution in [0.4, 0.5) is 8.78 Å². The Kier molecular flexibility index (Phi) is 9.52. The number of benzene rings is 1. The smallest absolute Gasteiger partial charge is 0.328 e. The van der Waals surface area contributed by atoms with Crippen molar-refractivity contribution < 1.29 is 32.7 Å². The number of ether oxygens (including phenoxy) is 1. The van der Waals surface area contributed by atoms with Crippen LogP contribution >= 0.6 is 0 Å². The van der Waals surface area contributed by atoms with Crippen molar-refractivity contribution in [3.8, 4) is 0 Å². The maximum absolute atomic E-state index is 14.1. The van der Waals surface area contributed by atoms with Crippen molar-refractivity contribution in [1.29, 1.82) is 0 Å². The quantitative estimate of drug-likeness (QED) is 0.499. The molecule has 1 aliphatic heterocycles. The summed E-state index contributed by atoms with van der Waals surface area (Å²) < 4.78 is 32.4. The van der Waals surface area contributed by atoms with E-state index in [-0.39, 0.29) is 42.7 Å². The first-order chi connectivity index (χ1) is 16.0. The highest BCUT2D eigenvalue weighted by Gasteiger charge is 2.35. The maximum atomic E-state index is 14.1. The van der Waals surface area contributed by atoms with Crippen molar-refractivity contribution in [3.05, 3.63) is 35.4 Å². The summed E-state index contributed by atoms with van der Waals surface area (Å²) in [6.07, 6.45) is 0.488. The molecule has 0 spiro atoms. The van der Waals surface area contributed by atoms with Gasteiger partial charge in [0.1, 0.15) is 12.1 Å². The third kappa shape index (κ3) is 6.74. The summed E-state index contributed by atoms with van der Waals surface area (Å²) in [7, 11) is 1.23. The Labute approximate surface area is 198 Å². The Bertz CT molecular complexity index is 922. The number of carbonyl (C=O) groups excluding carboxylic acids is 4. The minimum absolute atomic E-state index is 0.0302. The summed E-state index contributed by atoms with van der Waals surface area (Å²) in [6, 6.07) is 1.47. The first kappa shape index (κ1) is 27.2. The molecule has 2 rings (SSSR count). The van der Waals surface area contributed by atoms with Gasteiger partial charge in [-0.3, -0.25) is 14.4 Å². The SMILES string of the molecule is COC(=O)[C@@H](NC(=O)[C@@H](NC(=O)C[C@@H]1CCC(=O)N1Cc1cccc(F)c1F)C(C)C)C(C)C. The van der Waals surface area contributed by atoms with Crippen LogP contribution in [0.5, 0.6) is 0 Å². The molecular formula is C24H33F2N3O5. The molecule has 1 aromatic rings. The molecule has 8 nitrogen and oxygen atoms in total. The Hall–Kier alpha value is -3.04. The summed E-state index contributed by atoms with van der Waals surface area (Å²) >= 11 is 0. The zero-order valence-electron chi connectivity index (χ0n) is 20.2. The van der Waals surface area contributed by atoms with Crippen LogP contribution in [0.3, 0.4) is 0 Å². The van der Waals surface area contributed by atoms with Crippen molar-refractivity contribution in [2.75, 3.05) is 7.11 Å². The molecule has 3 atom stereocenters. The Morgan fingerprint density at radius 3 is 2.32 bits per heavy atom. The molecule has 188 valence electrons. The number of esters is 1. The van der Waals surface area contributed by atoms with Crippen LogP contribution in [-0.2, 0) is 30.5 Å². The molecule has 1 aliphatic rings. The first-order valence-electron chi connectivity index (χ1n) is 11.4. The van der Waals surface area contributed by atoms with Gasteiger partial charge in [0.2, 0.25) is 17.7 Å². The minimum atomic E-state index is -1.02. The highest BCUT2D eigenvalue weighted by Crippen LogP contribution is 2.25. The second kappa shape index (κ2) is 11.9. The van der Waals surface area contributed by atoms with E-state index in [1.54, 1.807) is 27.7 Å². The van der Waals surface area contributed by atoms with E-state index >= 15 is 0 Å². The highest BCUT2D eigenvalue weighted by atomic mass is 19.2. The lowest BCUT2D eigenvalue weighted by Gasteiger charge is -2.28. The van der Waals surface area contributed by atoms with E-state index in [9.17, 15) is 28.0 Å². The average molecular weight is 482 g/mol. The molecule has 3 amide bonds. The molecule has 1 aromatic carbocycles. The van der Waals surface area contributed by atoms with E-state index in [1.165, 1.54) is 24.1 Å². The van der Waals surface area contributed by atoms with E-state index in [0.29, 0.717) is 6.42 Å². The lowest BCUT2D eigenvalue weighted by molar-refractivity contribution is -0.146. The van der Waals surface area contributed by atoms with Gasteiger partial charge in [0.25, 0.3) is 0 Å². The molecule has 1 saturated heterocycles. The van der Waals surface area contributed by atoms with Crippen LogP contribution < -0.4 is 10.6 Å². The molecular weight excluding hydrogens is 448 g/mol. The highest BCUT2D eigenvalue weighted by molar-refractivity contribution is 5.91. The number of methoxy groups -OCH3 is 1. The summed E-state index contributed by atoms with van der Waals surface area (Å²) in [5.41, 5.74) is 0.0302. The second-order valence-electron chi connectivity index (χ2n) is 9.17. The number of carbonyl (C=O) groups is 4. The van der Waals surface area contributed by atoms with Crippen LogP contribution in [0.25, 0.3) is 0 Å². The molecule has 10 heteroatoms. The lowest BCUT2D eigenvalue weighted by Crippen LogP contribution is -2.55. The van der Waals surface area contributed by atoms with Crippen LogP contribution in [0, 0.1) is 23.5 Å². The fourth-order valence-corrected chi connectivity index (χ4v) is 3.93. The van der Waals surface area contributed by atoms with Gasteiger partial charge >= 0.3 is 5.97 Å². The van der Waals surface area contributed by atoms with Gasteiger partial charge in [-0.2, -0.15) is 0 Å². The lowest BCUT2D eigenvalue weighted by atomic mass is 9.99. The number of amides is 3. The van der Waals surface area contributed by atoms with Gasteiger partial charge in [0.15, 0.2) is 11.6 Å². The number of likely N-dealkylation sites (tertiary alicyclic amines) is 1. The third-order valence-corrected chi connectivity index (χ3v) is 5.93. The normalized spacial score (nSPS) is 17.6. The fourth-order valence-electron chi connectivity index (χ4n) is 3.93. The van der Waals surface area contributed by atoms with E-state index in [4.69, 9.17) is 4.74 Å². The summed E-state index contributed by atoms with van der Waals surface area (Å²) in [4.78, 5) is 51.3. The molecule has 0 aromatic heterocycles. The van der Waals surface area contributed by atoms with E-state index in [2.05, 4.69) is 10.6 Å². The van der Waals surface area contributed by atoms with Gasteiger partial charge in [0.05, 0.1) is 7.11 Å². The Morgan fingerprint density at radius 2 is 1.74 bits per heavy atom. The minimum Gasteiger partial charge on any atom is -0.467 e. The molecule has 1 heterocycles. The summed E-state index contributed by atoms with van der Waals surface area (Å²) in [5.74, 6) is -4.34. The zero-order chi connectivity index (χ0) is 25.6. The predicted molar refractivity (Wildman–Crippen MR) is 120 cm³/mol. The molecule has 0 radical (unpaired) electrons. The standard InChI is InChI=1S/C24H33F2N3O5/c1-13(2)21(23(32)28-22(14(3)4)24(33)34-5)27-18(30)11-16-9-10-19(31)29(16)12-15-7-6-8-17(25)20(15)26/h6-8,13-14,16,21-22H,9-12H2,1-5H3,(H,27,30)(H,28,32)/t16-,21-,22-/m0/s1.